The van der Waals surface area contributed by atoms with Crippen molar-refractivity contribution in [2.75, 3.05) is 7.11 Å². The van der Waals surface area contributed by atoms with E-state index in [1.54, 1.807) is 7.11 Å². The van der Waals surface area contributed by atoms with Gasteiger partial charge in [0.25, 0.3) is 0 Å². The monoisotopic (exact) mass is 181 g/mol. The van der Waals surface area contributed by atoms with Crippen LogP contribution in [0.15, 0.2) is 12.3 Å². The molecule has 0 bridgehead atoms. The van der Waals surface area contributed by atoms with Crippen LogP contribution in [0.5, 0.6) is 0 Å². The summed E-state index contributed by atoms with van der Waals surface area (Å²) >= 11 is 0. The molecule has 1 N–H and O–H groups in total. The Kier molecular flexibility index (Phi) is 1.94. The summed E-state index contributed by atoms with van der Waals surface area (Å²) in [5.41, 5.74) is 1.10. The van der Waals surface area contributed by atoms with Gasteiger partial charge in [0.15, 0.2) is 5.65 Å². The predicted molar refractivity (Wildman–Crippen MR) is 44.6 cm³/mol. The van der Waals surface area contributed by atoms with Crippen LogP contribution in [0.4, 0.5) is 4.39 Å². The highest BCUT2D eigenvalue weighted by atomic mass is 19.1. The van der Waals surface area contributed by atoms with Gasteiger partial charge in [0, 0.05) is 13.2 Å². The number of pyridine rings is 1. The lowest BCUT2D eigenvalue weighted by molar-refractivity contribution is 0.179. The number of ether oxygens (including phenoxy) is 1. The van der Waals surface area contributed by atoms with E-state index in [1.807, 2.05) is 0 Å². The van der Waals surface area contributed by atoms with E-state index >= 15 is 0 Å². The number of halogens is 1. The fourth-order valence-electron chi connectivity index (χ4n) is 1.13. The second kappa shape index (κ2) is 3.10. The fraction of sp³-hybridized carbons (Fsp3) is 0.250. The second-order valence-corrected chi connectivity index (χ2v) is 2.64. The van der Waals surface area contributed by atoms with E-state index in [-0.39, 0.29) is 5.82 Å². The Morgan fingerprint density at radius 1 is 1.62 bits per heavy atom. The molecule has 0 amide bonds. The number of rotatable bonds is 2. The van der Waals surface area contributed by atoms with Gasteiger partial charge in [0.1, 0.15) is 18.2 Å². The predicted octanol–water partition coefficient (Wildman–Crippen LogP) is 1.24. The number of imidazole rings is 1. The van der Waals surface area contributed by atoms with Crippen LogP contribution in [-0.2, 0) is 11.3 Å². The zero-order valence-electron chi connectivity index (χ0n) is 7.04. The van der Waals surface area contributed by atoms with Gasteiger partial charge in [0.05, 0.1) is 11.7 Å². The van der Waals surface area contributed by atoms with E-state index in [0.717, 1.165) is 6.20 Å². The number of nitrogens with one attached hydrogen (secondary N) is 1. The first-order valence-corrected chi connectivity index (χ1v) is 3.78. The molecule has 0 spiro atoms. The van der Waals surface area contributed by atoms with Crippen LogP contribution in [0.3, 0.4) is 0 Å². The molecule has 2 aromatic heterocycles. The minimum absolute atomic E-state index is 0.373. The highest BCUT2D eigenvalue weighted by Gasteiger charge is 2.03. The number of aromatic amines is 1. The molecule has 0 saturated heterocycles. The summed E-state index contributed by atoms with van der Waals surface area (Å²) in [5.74, 6) is 0.274. The maximum absolute atomic E-state index is 12.7. The Morgan fingerprint density at radius 3 is 3.23 bits per heavy atom. The highest BCUT2D eigenvalue weighted by Crippen LogP contribution is 2.09. The molecule has 0 aliphatic rings. The highest BCUT2D eigenvalue weighted by molar-refractivity contribution is 5.69. The van der Waals surface area contributed by atoms with Crippen LogP contribution in [0, 0.1) is 5.82 Å². The van der Waals surface area contributed by atoms with Gasteiger partial charge in [-0.05, 0) is 0 Å². The van der Waals surface area contributed by atoms with E-state index < -0.39 is 0 Å². The molecule has 0 fully saturated rings. The van der Waals surface area contributed by atoms with Gasteiger partial charge >= 0.3 is 0 Å². The van der Waals surface area contributed by atoms with Crippen molar-refractivity contribution in [1.82, 2.24) is 15.0 Å². The van der Waals surface area contributed by atoms with E-state index in [1.165, 1.54) is 6.07 Å². The SMILES string of the molecule is COCc1nc2ncc(F)cc2[nH]1. The standard InChI is InChI=1S/C8H8FN3O/c1-13-4-7-11-6-2-5(9)3-10-8(6)12-7/h2-3H,4H2,1H3,(H,10,11,12). The molecule has 2 heterocycles. The van der Waals surface area contributed by atoms with Crippen molar-refractivity contribution >= 4 is 11.2 Å². The normalized spacial score (nSPS) is 10.9. The molecule has 0 aliphatic heterocycles. The summed E-state index contributed by atoms with van der Waals surface area (Å²) in [7, 11) is 1.57. The molecule has 68 valence electrons. The lowest BCUT2D eigenvalue weighted by Crippen LogP contribution is -1.88. The first kappa shape index (κ1) is 8.12. The minimum atomic E-state index is -0.375. The third-order valence-electron chi connectivity index (χ3n) is 1.63. The topological polar surface area (TPSA) is 50.8 Å². The lowest BCUT2D eigenvalue weighted by Gasteiger charge is -1.89. The molecule has 0 atom stereocenters. The molecule has 0 aromatic carbocycles. The van der Waals surface area contributed by atoms with Gasteiger partial charge in [-0.3, -0.25) is 0 Å². The first-order valence-electron chi connectivity index (χ1n) is 3.78. The maximum Gasteiger partial charge on any atom is 0.177 e. The van der Waals surface area contributed by atoms with E-state index in [0.29, 0.717) is 23.6 Å². The van der Waals surface area contributed by atoms with Crippen molar-refractivity contribution in [3.05, 3.63) is 23.9 Å². The average Bonchev–Trinajstić information content (AvgIpc) is 2.46. The van der Waals surface area contributed by atoms with Gasteiger partial charge in [-0.25, -0.2) is 14.4 Å². The van der Waals surface area contributed by atoms with Crippen molar-refractivity contribution in [1.29, 1.82) is 0 Å². The number of hydrogen-bond acceptors (Lipinski definition) is 3. The summed E-state index contributed by atoms with van der Waals surface area (Å²) < 4.78 is 17.6. The van der Waals surface area contributed by atoms with Gasteiger partial charge in [-0.1, -0.05) is 0 Å². The Bertz CT molecular complexity index is 426. The molecular weight excluding hydrogens is 173 g/mol. The van der Waals surface area contributed by atoms with Crippen LogP contribution in [0.2, 0.25) is 0 Å². The Morgan fingerprint density at radius 2 is 2.46 bits per heavy atom. The number of fused-ring (bicyclic) bond motifs is 1. The molecule has 2 rings (SSSR count). The quantitative estimate of drug-likeness (QED) is 0.758. The average molecular weight is 181 g/mol. The maximum atomic E-state index is 12.7. The number of methoxy groups -OCH3 is 1. The molecule has 0 saturated carbocycles. The zero-order valence-corrected chi connectivity index (χ0v) is 7.04. The first-order chi connectivity index (χ1) is 6.29. The van der Waals surface area contributed by atoms with Crippen LogP contribution in [0.1, 0.15) is 5.82 Å². The molecular formula is C8H8FN3O. The Balaban J connectivity index is 2.49. The van der Waals surface area contributed by atoms with E-state index in [4.69, 9.17) is 4.74 Å². The van der Waals surface area contributed by atoms with E-state index in [9.17, 15) is 4.39 Å². The number of nitrogens with zero attached hydrogens (tertiary/aromatic N) is 2. The summed E-state index contributed by atoms with van der Waals surface area (Å²) in [6.07, 6.45) is 1.14. The zero-order chi connectivity index (χ0) is 9.26. The van der Waals surface area contributed by atoms with Crippen LogP contribution in [0.25, 0.3) is 11.2 Å². The van der Waals surface area contributed by atoms with Crippen LogP contribution >= 0.6 is 0 Å². The third kappa shape index (κ3) is 1.50. The number of hydrogen-bond donors (Lipinski definition) is 1. The van der Waals surface area contributed by atoms with E-state index in [2.05, 4.69) is 15.0 Å². The third-order valence-corrected chi connectivity index (χ3v) is 1.63. The van der Waals surface area contributed by atoms with Crippen molar-refractivity contribution in [2.24, 2.45) is 0 Å². The minimum Gasteiger partial charge on any atom is -0.377 e. The second-order valence-electron chi connectivity index (χ2n) is 2.64. The van der Waals surface area contributed by atoms with Crippen molar-refractivity contribution < 1.29 is 9.13 Å². The molecule has 4 nitrogen and oxygen atoms in total. The Labute approximate surface area is 73.8 Å². The number of H-pyrrole nitrogens is 1. The summed E-state index contributed by atoms with van der Waals surface area (Å²) in [6.45, 7) is 0.373. The lowest BCUT2D eigenvalue weighted by atomic mass is 10.4. The summed E-state index contributed by atoms with van der Waals surface area (Å²) in [6, 6.07) is 1.36. The molecule has 0 radical (unpaired) electrons. The van der Waals surface area contributed by atoms with Crippen molar-refractivity contribution in [3.63, 3.8) is 0 Å². The summed E-state index contributed by atoms with van der Waals surface area (Å²) in [4.78, 5) is 10.8. The van der Waals surface area contributed by atoms with Gasteiger partial charge in [-0.15, -0.1) is 0 Å². The Hall–Kier alpha value is -1.49. The van der Waals surface area contributed by atoms with Crippen LogP contribution in [-0.4, -0.2) is 22.1 Å². The molecule has 5 heteroatoms. The summed E-state index contributed by atoms with van der Waals surface area (Å²) in [5, 5.41) is 0. The number of aromatic nitrogens is 3. The molecule has 0 unspecified atom stereocenters. The largest absolute Gasteiger partial charge is 0.377 e. The van der Waals surface area contributed by atoms with Crippen LogP contribution < -0.4 is 0 Å². The fourth-order valence-corrected chi connectivity index (χ4v) is 1.13. The van der Waals surface area contributed by atoms with Gasteiger partial charge in [0.2, 0.25) is 0 Å². The van der Waals surface area contributed by atoms with Crippen molar-refractivity contribution in [3.8, 4) is 0 Å². The molecule has 2 aromatic rings. The molecule has 13 heavy (non-hydrogen) atoms. The van der Waals surface area contributed by atoms with Gasteiger partial charge in [-0.2, -0.15) is 0 Å². The van der Waals surface area contributed by atoms with Gasteiger partial charge < -0.3 is 9.72 Å². The van der Waals surface area contributed by atoms with Crippen molar-refractivity contribution in [2.45, 2.75) is 6.61 Å². The molecule has 0 aliphatic carbocycles. The smallest absolute Gasteiger partial charge is 0.177 e.